The van der Waals surface area contributed by atoms with Crippen LogP contribution in [0.15, 0.2) is 0 Å². The van der Waals surface area contributed by atoms with Gasteiger partial charge in [-0.3, -0.25) is 4.79 Å². The lowest BCUT2D eigenvalue weighted by atomic mass is 10.2. The van der Waals surface area contributed by atoms with Gasteiger partial charge in [0.1, 0.15) is 0 Å². The molecule has 1 N–H and O–H groups in total. The number of nitrogens with one attached hydrogen (secondary N) is 1. The number of hydrogen-bond donors (Lipinski definition) is 1. The van der Waals surface area contributed by atoms with Gasteiger partial charge in [0.05, 0.1) is 6.54 Å². The van der Waals surface area contributed by atoms with Gasteiger partial charge in [-0.05, 0) is 33.1 Å². The van der Waals surface area contributed by atoms with Crippen molar-refractivity contribution in [3.63, 3.8) is 0 Å². The maximum absolute atomic E-state index is 12.1. The van der Waals surface area contributed by atoms with Crippen molar-refractivity contribution in [3.05, 3.63) is 0 Å². The average molecular weight is 242 g/mol. The zero-order valence-electron chi connectivity index (χ0n) is 12.3. The molecule has 3 heteroatoms. The summed E-state index contributed by atoms with van der Waals surface area (Å²) in [5.74, 6) is 0.244. The Morgan fingerprint density at radius 3 is 2.29 bits per heavy atom. The van der Waals surface area contributed by atoms with Crippen LogP contribution in [0.2, 0.25) is 0 Å². The van der Waals surface area contributed by atoms with Crippen molar-refractivity contribution in [3.8, 4) is 0 Å². The normalized spacial score (nSPS) is 14.4. The number of rotatable bonds is 9. The molecule has 0 aromatic heterocycles. The van der Waals surface area contributed by atoms with E-state index in [1.807, 2.05) is 4.90 Å². The maximum Gasteiger partial charge on any atom is 0.236 e. The van der Waals surface area contributed by atoms with Crippen LogP contribution in [0.1, 0.15) is 60.3 Å². The molecule has 0 fully saturated rings. The van der Waals surface area contributed by atoms with E-state index in [1.165, 1.54) is 0 Å². The second-order valence-electron chi connectivity index (χ2n) is 4.89. The molecule has 0 aliphatic heterocycles. The molecule has 0 aliphatic rings. The summed E-state index contributed by atoms with van der Waals surface area (Å²) >= 11 is 0. The number of hydrogen-bond acceptors (Lipinski definition) is 2. The van der Waals surface area contributed by atoms with E-state index in [0.29, 0.717) is 18.6 Å². The third-order valence-electron chi connectivity index (χ3n) is 3.41. The summed E-state index contributed by atoms with van der Waals surface area (Å²) in [6.07, 6.45) is 4.32. The number of carbonyl (C=O) groups is 1. The van der Waals surface area contributed by atoms with Crippen LogP contribution < -0.4 is 5.32 Å². The summed E-state index contributed by atoms with van der Waals surface area (Å²) in [6, 6.07) is 0.775. The quantitative estimate of drug-likeness (QED) is 0.674. The summed E-state index contributed by atoms with van der Waals surface area (Å²) in [6.45, 7) is 12.1. The second-order valence-corrected chi connectivity index (χ2v) is 4.89. The number of carbonyl (C=O) groups excluding carboxylic acids is 1. The Morgan fingerprint density at radius 1 is 1.18 bits per heavy atom. The zero-order valence-corrected chi connectivity index (χ0v) is 12.3. The van der Waals surface area contributed by atoms with Gasteiger partial charge in [0.25, 0.3) is 0 Å². The van der Waals surface area contributed by atoms with Gasteiger partial charge in [0, 0.05) is 18.6 Å². The van der Waals surface area contributed by atoms with Crippen LogP contribution in [0.3, 0.4) is 0 Å². The number of nitrogens with zero attached hydrogens (tertiary/aromatic N) is 1. The molecule has 0 rings (SSSR count). The van der Waals surface area contributed by atoms with Gasteiger partial charge in [-0.25, -0.2) is 0 Å². The first-order chi connectivity index (χ1) is 8.06. The maximum atomic E-state index is 12.1. The molecule has 2 atom stereocenters. The number of unbranched alkanes of at least 4 members (excludes halogenated alkanes) is 1. The molecule has 0 aromatic carbocycles. The minimum atomic E-state index is 0.244. The molecule has 0 spiro atoms. The molecule has 0 radical (unpaired) electrons. The van der Waals surface area contributed by atoms with Crippen molar-refractivity contribution in [2.45, 2.75) is 72.4 Å². The highest BCUT2D eigenvalue weighted by Crippen LogP contribution is 2.06. The van der Waals surface area contributed by atoms with Gasteiger partial charge in [0.15, 0.2) is 0 Å². The van der Waals surface area contributed by atoms with Gasteiger partial charge < -0.3 is 10.2 Å². The van der Waals surface area contributed by atoms with Crippen molar-refractivity contribution in [2.24, 2.45) is 0 Å². The fourth-order valence-electron chi connectivity index (χ4n) is 1.65. The lowest BCUT2D eigenvalue weighted by Gasteiger charge is -2.29. The highest BCUT2D eigenvalue weighted by atomic mass is 16.2. The molecule has 0 saturated carbocycles. The standard InChI is InChI=1S/C14H30N2O/c1-6-9-10-16(13(5)8-3)14(17)11-15-12(4)7-2/h12-13,15H,6-11H2,1-5H3. The van der Waals surface area contributed by atoms with E-state index in [2.05, 4.69) is 39.9 Å². The van der Waals surface area contributed by atoms with Crippen LogP contribution in [0.5, 0.6) is 0 Å². The van der Waals surface area contributed by atoms with Crippen molar-refractivity contribution in [1.82, 2.24) is 10.2 Å². The smallest absolute Gasteiger partial charge is 0.236 e. The van der Waals surface area contributed by atoms with Crippen LogP contribution in [0.4, 0.5) is 0 Å². The molecule has 1 amide bonds. The van der Waals surface area contributed by atoms with Gasteiger partial charge in [0.2, 0.25) is 5.91 Å². The Labute approximate surface area is 107 Å². The van der Waals surface area contributed by atoms with Crippen molar-refractivity contribution in [1.29, 1.82) is 0 Å². The van der Waals surface area contributed by atoms with E-state index in [4.69, 9.17) is 0 Å². The molecule has 17 heavy (non-hydrogen) atoms. The lowest BCUT2D eigenvalue weighted by molar-refractivity contribution is -0.132. The van der Waals surface area contributed by atoms with Crippen LogP contribution in [-0.4, -0.2) is 36.0 Å². The van der Waals surface area contributed by atoms with Crippen molar-refractivity contribution >= 4 is 5.91 Å². The molecule has 0 bridgehead atoms. The average Bonchev–Trinajstić information content (AvgIpc) is 2.35. The third kappa shape index (κ3) is 6.67. The van der Waals surface area contributed by atoms with Crippen LogP contribution in [0.25, 0.3) is 0 Å². The molecular weight excluding hydrogens is 212 g/mol. The van der Waals surface area contributed by atoms with E-state index >= 15 is 0 Å². The molecule has 0 saturated heterocycles. The highest BCUT2D eigenvalue weighted by molar-refractivity contribution is 5.78. The minimum Gasteiger partial charge on any atom is -0.339 e. The van der Waals surface area contributed by atoms with E-state index in [0.717, 1.165) is 32.2 Å². The largest absolute Gasteiger partial charge is 0.339 e. The molecule has 0 aliphatic carbocycles. The molecule has 0 heterocycles. The first-order valence-corrected chi connectivity index (χ1v) is 7.09. The third-order valence-corrected chi connectivity index (χ3v) is 3.41. The SMILES string of the molecule is CCCCN(C(=O)CNC(C)CC)C(C)CC. The van der Waals surface area contributed by atoms with Gasteiger partial charge in [-0.2, -0.15) is 0 Å². The summed E-state index contributed by atoms with van der Waals surface area (Å²) < 4.78 is 0. The first kappa shape index (κ1) is 16.4. The van der Waals surface area contributed by atoms with Crippen LogP contribution in [0, 0.1) is 0 Å². The van der Waals surface area contributed by atoms with E-state index in [-0.39, 0.29) is 5.91 Å². The Morgan fingerprint density at radius 2 is 1.82 bits per heavy atom. The molecule has 102 valence electrons. The summed E-state index contributed by atoms with van der Waals surface area (Å²) in [4.78, 5) is 14.2. The number of amides is 1. The highest BCUT2D eigenvalue weighted by Gasteiger charge is 2.18. The van der Waals surface area contributed by atoms with E-state index in [1.54, 1.807) is 0 Å². The Balaban J connectivity index is 4.21. The van der Waals surface area contributed by atoms with E-state index < -0.39 is 0 Å². The molecular formula is C14H30N2O. The summed E-state index contributed by atoms with van der Waals surface area (Å²) in [5, 5.41) is 3.28. The van der Waals surface area contributed by atoms with Gasteiger partial charge >= 0.3 is 0 Å². The Hall–Kier alpha value is -0.570. The summed E-state index contributed by atoms with van der Waals surface area (Å²) in [5.41, 5.74) is 0. The fourth-order valence-corrected chi connectivity index (χ4v) is 1.65. The van der Waals surface area contributed by atoms with Crippen molar-refractivity contribution < 1.29 is 4.79 Å². The Kier molecular flexibility index (Phi) is 9.14. The second kappa shape index (κ2) is 9.46. The van der Waals surface area contributed by atoms with Gasteiger partial charge in [-0.1, -0.05) is 27.2 Å². The molecule has 0 aromatic rings. The Bertz CT molecular complexity index is 206. The predicted octanol–water partition coefficient (Wildman–Crippen LogP) is 2.80. The van der Waals surface area contributed by atoms with E-state index in [9.17, 15) is 4.79 Å². The zero-order chi connectivity index (χ0) is 13.3. The van der Waals surface area contributed by atoms with Crippen LogP contribution >= 0.6 is 0 Å². The van der Waals surface area contributed by atoms with Gasteiger partial charge in [-0.15, -0.1) is 0 Å². The van der Waals surface area contributed by atoms with Crippen molar-refractivity contribution in [2.75, 3.05) is 13.1 Å². The molecule has 2 unspecified atom stereocenters. The monoisotopic (exact) mass is 242 g/mol. The topological polar surface area (TPSA) is 32.3 Å². The fraction of sp³-hybridized carbons (Fsp3) is 0.929. The van der Waals surface area contributed by atoms with Crippen LogP contribution in [-0.2, 0) is 4.79 Å². The summed E-state index contributed by atoms with van der Waals surface area (Å²) in [7, 11) is 0. The lowest BCUT2D eigenvalue weighted by Crippen LogP contribution is -2.45. The molecule has 3 nitrogen and oxygen atoms in total. The minimum absolute atomic E-state index is 0.244. The first-order valence-electron chi connectivity index (χ1n) is 7.09. The predicted molar refractivity (Wildman–Crippen MR) is 74.1 cm³/mol.